The fourth-order valence-corrected chi connectivity index (χ4v) is 1.88. The largest absolute Gasteiger partial charge is 0.493 e. The van der Waals surface area contributed by atoms with Gasteiger partial charge in [-0.25, -0.2) is 0 Å². The molecule has 1 aliphatic heterocycles. The van der Waals surface area contributed by atoms with Crippen LogP contribution in [-0.2, 0) is 6.42 Å². The monoisotopic (exact) mass is 297 g/mol. The Hall–Kier alpha value is -1.03. The number of carbonyl (C=O) groups is 1. The molecule has 0 aliphatic carbocycles. The molecule has 0 aromatic heterocycles. The first-order chi connectivity index (χ1) is 8.02. The van der Waals surface area contributed by atoms with Gasteiger partial charge in [-0.15, -0.1) is 0 Å². The van der Waals surface area contributed by atoms with Crippen molar-refractivity contribution in [2.24, 2.45) is 0 Å². The summed E-state index contributed by atoms with van der Waals surface area (Å²) in [5, 5.41) is 3.71. The van der Waals surface area contributed by atoms with E-state index in [4.69, 9.17) is 4.74 Å². The zero-order valence-electron chi connectivity index (χ0n) is 10.0. The second kappa shape index (κ2) is 4.69. The van der Waals surface area contributed by atoms with Gasteiger partial charge in [0.25, 0.3) is 5.91 Å². The van der Waals surface area contributed by atoms with Crippen LogP contribution < -0.4 is 10.1 Å². The SMILES string of the molecule is CC(C)(CBr)NC(=O)c1ccc2c(c1)CCO2. The number of fused-ring (bicyclic) bond motifs is 1. The summed E-state index contributed by atoms with van der Waals surface area (Å²) in [6, 6.07) is 5.60. The van der Waals surface area contributed by atoms with Crippen molar-refractivity contribution in [2.75, 3.05) is 11.9 Å². The fourth-order valence-electron chi connectivity index (χ4n) is 1.74. The maximum Gasteiger partial charge on any atom is 0.251 e. The lowest BCUT2D eigenvalue weighted by Gasteiger charge is -2.23. The van der Waals surface area contributed by atoms with E-state index in [0.29, 0.717) is 12.2 Å². The Balaban J connectivity index is 2.15. The molecule has 0 spiro atoms. The summed E-state index contributed by atoms with van der Waals surface area (Å²) in [4.78, 5) is 12.0. The van der Waals surface area contributed by atoms with Gasteiger partial charge in [0.2, 0.25) is 0 Å². The van der Waals surface area contributed by atoms with E-state index in [2.05, 4.69) is 21.2 Å². The van der Waals surface area contributed by atoms with Crippen molar-refractivity contribution in [3.63, 3.8) is 0 Å². The van der Waals surface area contributed by atoms with Crippen LogP contribution in [0.5, 0.6) is 5.75 Å². The number of hydrogen-bond acceptors (Lipinski definition) is 2. The zero-order valence-corrected chi connectivity index (χ0v) is 11.6. The minimum Gasteiger partial charge on any atom is -0.493 e. The van der Waals surface area contributed by atoms with Crippen LogP contribution in [0, 0.1) is 0 Å². The molecule has 1 aromatic carbocycles. The molecule has 0 fully saturated rings. The van der Waals surface area contributed by atoms with Gasteiger partial charge in [-0.05, 0) is 37.6 Å². The van der Waals surface area contributed by atoms with Crippen LogP contribution in [0.2, 0.25) is 0 Å². The van der Waals surface area contributed by atoms with E-state index in [1.54, 1.807) is 0 Å². The Labute approximate surface area is 110 Å². The number of nitrogens with one attached hydrogen (secondary N) is 1. The molecule has 92 valence electrons. The van der Waals surface area contributed by atoms with Gasteiger partial charge in [-0.3, -0.25) is 4.79 Å². The summed E-state index contributed by atoms with van der Waals surface area (Å²) >= 11 is 3.39. The van der Waals surface area contributed by atoms with Gasteiger partial charge in [0.15, 0.2) is 0 Å². The molecule has 1 aliphatic rings. The van der Waals surface area contributed by atoms with E-state index in [0.717, 1.165) is 23.1 Å². The second-order valence-corrected chi connectivity index (χ2v) is 5.45. The molecule has 0 saturated carbocycles. The summed E-state index contributed by atoms with van der Waals surface area (Å²) in [6.07, 6.45) is 0.887. The van der Waals surface area contributed by atoms with Crippen LogP contribution in [-0.4, -0.2) is 23.4 Å². The zero-order chi connectivity index (χ0) is 12.5. The van der Waals surface area contributed by atoms with Gasteiger partial charge < -0.3 is 10.1 Å². The molecule has 1 N–H and O–H groups in total. The molecular weight excluding hydrogens is 282 g/mol. The fraction of sp³-hybridized carbons (Fsp3) is 0.462. The van der Waals surface area contributed by atoms with Gasteiger partial charge in [0.1, 0.15) is 5.75 Å². The molecular formula is C13H16BrNO2. The van der Waals surface area contributed by atoms with E-state index >= 15 is 0 Å². The van der Waals surface area contributed by atoms with Crippen LogP contribution in [0.1, 0.15) is 29.8 Å². The van der Waals surface area contributed by atoms with Crippen molar-refractivity contribution in [1.82, 2.24) is 5.32 Å². The van der Waals surface area contributed by atoms with Crippen molar-refractivity contribution in [3.05, 3.63) is 29.3 Å². The number of benzene rings is 1. The van der Waals surface area contributed by atoms with Gasteiger partial charge in [0, 0.05) is 22.9 Å². The summed E-state index contributed by atoms with van der Waals surface area (Å²) < 4.78 is 5.42. The summed E-state index contributed by atoms with van der Waals surface area (Å²) in [6.45, 7) is 4.68. The molecule has 1 heterocycles. The maximum absolute atomic E-state index is 12.0. The molecule has 0 bridgehead atoms. The highest BCUT2D eigenvalue weighted by Gasteiger charge is 2.21. The molecule has 1 amide bonds. The van der Waals surface area contributed by atoms with Crippen LogP contribution in [0.25, 0.3) is 0 Å². The maximum atomic E-state index is 12.0. The highest BCUT2D eigenvalue weighted by molar-refractivity contribution is 9.09. The van der Waals surface area contributed by atoms with Crippen LogP contribution >= 0.6 is 15.9 Å². The minimum atomic E-state index is -0.243. The van der Waals surface area contributed by atoms with Gasteiger partial charge >= 0.3 is 0 Å². The summed E-state index contributed by atoms with van der Waals surface area (Å²) in [5.41, 5.74) is 1.57. The third kappa shape index (κ3) is 2.80. The average Bonchev–Trinajstić information content (AvgIpc) is 2.75. The van der Waals surface area contributed by atoms with Crippen LogP contribution in [0.3, 0.4) is 0 Å². The molecule has 2 rings (SSSR count). The lowest BCUT2D eigenvalue weighted by Crippen LogP contribution is -2.44. The molecule has 0 radical (unpaired) electrons. The van der Waals surface area contributed by atoms with E-state index in [-0.39, 0.29) is 11.4 Å². The Morgan fingerprint density at radius 3 is 3.00 bits per heavy atom. The Kier molecular flexibility index (Phi) is 3.43. The van der Waals surface area contributed by atoms with Crippen molar-refractivity contribution in [2.45, 2.75) is 25.8 Å². The second-order valence-electron chi connectivity index (χ2n) is 4.89. The van der Waals surface area contributed by atoms with Crippen molar-refractivity contribution in [1.29, 1.82) is 0 Å². The molecule has 0 saturated heterocycles. The van der Waals surface area contributed by atoms with E-state index < -0.39 is 0 Å². The Morgan fingerprint density at radius 1 is 1.53 bits per heavy atom. The molecule has 0 unspecified atom stereocenters. The highest BCUT2D eigenvalue weighted by Crippen LogP contribution is 2.26. The standard InChI is InChI=1S/C13H16BrNO2/c1-13(2,8-14)15-12(16)10-3-4-11-9(7-10)5-6-17-11/h3-4,7H,5-6,8H2,1-2H3,(H,15,16). The van der Waals surface area contributed by atoms with E-state index in [1.807, 2.05) is 32.0 Å². The predicted molar refractivity (Wildman–Crippen MR) is 71.0 cm³/mol. The van der Waals surface area contributed by atoms with Crippen molar-refractivity contribution >= 4 is 21.8 Å². The minimum absolute atomic E-state index is 0.0378. The third-order valence-corrected chi connectivity index (χ3v) is 4.14. The highest BCUT2D eigenvalue weighted by atomic mass is 79.9. The number of ether oxygens (including phenoxy) is 1. The summed E-state index contributed by atoms with van der Waals surface area (Å²) in [5.74, 6) is 0.866. The number of rotatable bonds is 3. The smallest absolute Gasteiger partial charge is 0.251 e. The molecule has 4 heteroatoms. The number of carbonyl (C=O) groups excluding carboxylic acids is 1. The first kappa shape index (κ1) is 12.4. The molecule has 1 aromatic rings. The van der Waals surface area contributed by atoms with Crippen LogP contribution in [0.4, 0.5) is 0 Å². The van der Waals surface area contributed by atoms with E-state index in [1.165, 1.54) is 0 Å². The molecule has 3 nitrogen and oxygen atoms in total. The topological polar surface area (TPSA) is 38.3 Å². The van der Waals surface area contributed by atoms with Crippen molar-refractivity contribution in [3.8, 4) is 5.75 Å². The number of hydrogen-bond donors (Lipinski definition) is 1. The van der Waals surface area contributed by atoms with Crippen molar-refractivity contribution < 1.29 is 9.53 Å². The average molecular weight is 298 g/mol. The van der Waals surface area contributed by atoms with Crippen LogP contribution in [0.15, 0.2) is 18.2 Å². The lowest BCUT2D eigenvalue weighted by atomic mass is 10.1. The number of alkyl halides is 1. The number of halogens is 1. The first-order valence-electron chi connectivity index (χ1n) is 5.66. The molecule has 0 atom stereocenters. The van der Waals surface area contributed by atoms with Gasteiger partial charge in [-0.1, -0.05) is 15.9 Å². The number of amides is 1. The lowest BCUT2D eigenvalue weighted by molar-refractivity contribution is 0.0921. The summed E-state index contributed by atoms with van der Waals surface area (Å²) in [7, 11) is 0. The quantitative estimate of drug-likeness (QED) is 0.871. The Bertz CT molecular complexity index is 443. The normalized spacial score (nSPS) is 14.1. The predicted octanol–water partition coefficient (Wildman–Crippen LogP) is 2.52. The van der Waals surface area contributed by atoms with E-state index in [9.17, 15) is 4.79 Å². The molecule has 17 heavy (non-hydrogen) atoms. The third-order valence-electron chi connectivity index (χ3n) is 2.74. The first-order valence-corrected chi connectivity index (χ1v) is 6.78. The van der Waals surface area contributed by atoms with Gasteiger partial charge in [-0.2, -0.15) is 0 Å². The Morgan fingerprint density at radius 2 is 2.29 bits per heavy atom. The van der Waals surface area contributed by atoms with Gasteiger partial charge in [0.05, 0.1) is 6.61 Å².